The molecule has 0 radical (unpaired) electrons. The van der Waals surface area contributed by atoms with Crippen molar-refractivity contribution in [2.24, 2.45) is 0 Å². The van der Waals surface area contributed by atoms with Gasteiger partial charge in [-0.1, -0.05) is 74.0 Å². The molecule has 0 bridgehead atoms. The molecule has 0 saturated carbocycles. The molecule has 364 valence electrons. The first kappa shape index (κ1) is 51.3. The van der Waals surface area contributed by atoms with Crippen LogP contribution in [0.1, 0.15) is 82.4 Å². The summed E-state index contributed by atoms with van der Waals surface area (Å²) < 4.78 is 66.6. The van der Waals surface area contributed by atoms with Crippen LogP contribution in [-0.4, -0.2) is 87.1 Å². The highest BCUT2D eigenvalue weighted by molar-refractivity contribution is 7.91. The van der Waals surface area contributed by atoms with Gasteiger partial charge in [-0.3, -0.25) is 14.8 Å². The summed E-state index contributed by atoms with van der Waals surface area (Å²) >= 11 is 13.6. The van der Waals surface area contributed by atoms with Crippen molar-refractivity contribution in [3.63, 3.8) is 0 Å². The maximum atomic E-state index is 13.5. The van der Waals surface area contributed by atoms with Crippen molar-refractivity contribution in [1.82, 2.24) is 29.1 Å². The summed E-state index contributed by atoms with van der Waals surface area (Å²) in [5, 5.41) is 1.34. The first-order valence-corrected chi connectivity index (χ1v) is 26.0. The average molecular weight is 1030 g/mol. The van der Waals surface area contributed by atoms with E-state index in [1.807, 2.05) is 19.9 Å². The van der Waals surface area contributed by atoms with Crippen LogP contribution in [0.5, 0.6) is 0 Å². The minimum Gasteiger partial charge on any atom is -0.443 e. The van der Waals surface area contributed by atoms with Gasteiger partial charge in [-0.15, -0.1) is 0 Å². The number of nitrogens with zero attached hydrogens (tertiary/aromatic N) is 6. The molecule has 2 aromatic carbocycles. The van der Waals surface area contributed by atoms with Gasteiger partial charge in [0.15, 0.2) is 19.7 Å². The number of rotatable bonds is 8. The molecule has 6 heterocycles. The Hall–Kier alpha value is -6.53. The van der Waals surface area contributed by atoms with Crippen molar-refractivity contribution in [3.8, 4) is 22.8 Å². The zero-order valence-corrected chi connectivity index (χ0v) is 43.3. The van der Waals surface area contributed by atoms with Gasteiger partial charge in [-0.25, -0.2) is 45.5 Å². The lowest BCUT2D eigenvalue weighted by Gasteiger charge is -2.21. The van der Waals surface area contributed by atoms with Crippen LogP contribution in [-0.2, 0) is 29.1 Å². The Bertz CT molecular complexity index is 3480. The number of benzene rings is 2. The van der Waals surface area contributed by atoms with Gasteiger partial charge in [0.05, 0.1) is 53.4 Å². The molecule has 0 unspecified atom stereocenters. The number of carbonyl (C=O) groups is 3. The van der Waals surface area contributed by atoms with Crippen LogP contribution in [0, 0.1) is 13.8 Å². The molecule has 6 aromatic heterocycles. The molecule has 0 fully saturated rings. The van der Waals surface area contributed by atoms with E-state index in [2.05, 4.69) is 21.5 Å². The van der Waals surface area contributed by atoms with Crippen LogP contribution in [0.4, 0.5) is 9.59 Å². The van der Waals surface area contributed by atoms with Gasteiger partial charge in [0, 0.05) is 28.7 Å². The smallest absolute Gasteiger partial charge is 0.419 e. The summed E-state index contributed by atoms with van der Waals surface area (Å²) in [6.45, 7) is 20.9. The van der Waals surface area contributed by atoms with Crippen molar-refractivity contribution in [3.05, 3.63) is 112 Å². The van der Waals surface area contributed by atoms with Gasteiger partial charge in [0.2, 0.25) is 0 Å². The monoisotopic (exact) mass is 1020 g/mol. The molecule has 0 aliphatic heterocycles. The molecular weight excluding hydrogens is 976 g/mol. The topological polar surface area (TPSA) is 199 Å². The molecule has 8 aromatic rings. The Labute approximate surface area is 415 Å². The minimum absolute atomic E-state index is 0.0195. The number of hydrogen-bond acceptors (Lipinski definition) is 13. The molecule has 0 spiro atoms. The second-order valence-corrected chi connectivity index (χ2v) is 23.7. The highest BCUT2D eigenvalue weighted by Gasteiger charge is 2.34. The number of aldehydes is 1. The lowest BCUT2D eigenvalue weighted by atomic mass is 10.1. The minimum atomic E-state index is -3.80. The Balaban J connectivity index is 0.000000206. The Kier molecular flexibility index (Phi) is 13.9. The summed E-state index contributed by atoms with van der Waals surface area (Å²) in [4.78, 5) is 56.2. The predicted molar refractivity (Wildman–Crippen MR) is 275 cm³/mol. The van der Waals surface area contributed by atoms with E-state index in [-0.39, 0.29) is 54.1 Å². The van der Waals surface area contributed by atoms with Crippen molar-refractivity contribution < 1.29 is 40.7 Å². The molecule has 0 amide bonds. The summed E-state index contributed by atoms with van der Waals surface area (Å²) in [7, 11) is -7.55. The summed E-state index contributed by atoms with van der Waals surface area (Å²) in [6.07, 6.45) is 4.12. The fourth-order valence-corrected chi connectivity index (χ4v) is 10.3. The highest BCUT2D eigenvalue weighted by Crippen LogP contribution is 2.42. The van der Waals surface area contributed by atoms with E-state index in [0.29, 0.717) is 55.7 Å². The Morgan fingerprint density at radius 1 is 0.643 bits per heavy atom. The summed E-state index contributed by atoms with van der Waals surface area (Å²) in [5.74, 6) is -0.346. The van der Waals surface area contributed by atoms with E-state index >= 15 is 0 Å². The summed E-state index contributed by atoms with van der Waals surface area (Å²) in [5.41, 5.74) is 3.67. The maximum absolute atomic E-state index is 13.5. The number of hydrogen-bond donors (Lipinski definition) is 0. The lowest BCUT2D eigenvalue weighted by Crippen LogP contribution is -2.27. The van der Waals surface area contributed by atoms with E-state index in [1.54, 1.807) is 115 Å². The van der Waals surface area contributed by atoms with Gasteiger partial charge >= 0.3 is 12.2 Å². The van der Waals surface area contributed by atoms with Crippen molar-refractivity contribution >= 4 is 111 Å². The summed E-state index contributed by atoms with van der Waals surface area (Å²) in [6, 6.07) is 16.7. The number of ether oxygens (including phenoxy) is 2. The Morgan fingerprint density at radius 2 is 1.03 bits per heavy atom. The number of carbonyl (C=O) groups excluding carboxylic acids is 3. The lowest BCUT2D eigenvalue weighted by molar-refractivity contribution is 0.0535. The van der Waals surface area contributed by atoms with Crippen LogP contribution >= 0.6 is 23.2 Å². The molecular formula is C51H50Cl2N6O9S2. The van der Waals surface area contributed by atoms with Crippen LogP contribution in [0.25, 0.3) is 72.7 Å². The number of aromatic nitrogens is 6. The second-order valence-electron chi connectivity index (χ2n) is 18.4. The van der Waals surface area contributed by atoms with E-state index in [9.17, 15) is 31.2 Å². The number of aryl methyl sites for hydroxylation is 2. The SMILES string of the molecule is C=Cc1ccc2cc(S(=O)(=O)CC)c(-c3c(Cl)c4ncc(C)cc4n3C(=O)OC(C)(C)C)nc2c1.CCS(=O)(=O)c1cc2ccc(C=O)cc2nc1-c1c(Cl)c2ncc(C)cc2n1C(=O)OC(C)(C)C. The predicted octanol–water partition coefficient (Wildman–Crippen LogP) is 12.0. The van der Waals surface area contributed by atoms with Gasteiger partial charge in [-0.2, -0.15) is 0 Å². The van der Waals surface area contributed by atoms with Gasteiger partial charge in [0.25, 0.3) is 0 Å². The number of pyridine rings is 4. The van der Waals surface area contributed by atoms with Gasteiger partial charge in [0.1, 0.15) is 51.3 Å². The first-order chi connectivity index (χ1) is 32.7. The molecule has 0 N–H and O–H groups in total. The molecule has 70 heavy (non-hydrogen) atoms. The molecule has 15 nitrogen and oxygen atoms in total. The number of sulfone groups is 2. The van der Waals surface area contributed by atoms with E-state index < -0.39 is 43.1 Å². The molecule has 19 heteroatoms. The third-order valence-corrected chi connectivity index (χ3v) is 15.0. The fraction of sp³-hybridized carbons (Fsp3) is 0.275. The largest absolute Gasteiger partial charge is 0.443 e. The van der Waals surface area contributed by atoms with Crippen LogP contribution in [0.15, 0.2) is 89.4 Å². The highest BCUT2D eigenvalue weighted by atomic mass is 35.5. The molecule has 0 aliphatic rings. The van der Waals surface area contributed by atoms with E-state index in [1.165, 1.54) is 22.1 Å². The van der Waals surface area contributed by atoms with Crippen LogP contribution < -0.4 is 0 Å². The molecule has 8 rings (SSSR count). The normalized spacial score (nSPS) is 12.3. The average Bonchev–Trinajstić information content (AvgIpc) is 3.75. The van der Waals surface area contributed by atoms with Crippen LogP contribution in [0.2, 0.25) is 10.0 Å². The van der Waals surface area contributed by atoms with E-state index in [4.69, 9.17) is 37.7 Å². The zero-order valence-electron chi connectivity index (χ0n) is 40.1. The fourth-order valence-electron chi connectivity index (χ4n) is 7.52. The van der Waals surface area contributed by atoms with Crippen molar-refractivity contribution in [2.45, 2.75) is 90.2 Å². The van der Waals surface area contributed by atoms with Crippen LogP contribution in [0.3, 0.4) is 0 Å². The second kappa shape index (κ2) is 19.0. The number of fused-ring (bicyclic) bond motifs is 4. The third kappa shape index (κ3) is 10.1. The quantitative estimate of drug-likeness (QED) is 0.130. The van der Waals surface area contributed by atoms with E-state index in [0.717, 1.165) is 16.7 Å². The van der Waals surface area contributed by atoms with Gasteiger partial charge < -0.3 is 9.47 Å². The molecule has 0 saturated heterocycles. The third-order valence-electron chi connectivity index (χ3n) is 10.8. The number of halogens is 2. The van der Waals surface area contributed by atoms with Crippen molar-refractivity contribution in [1.29, 1.82) is 0 Å². The molecule has 0 aliphatic carbocycles. The van der Waals surface area contributed by atoms with Crippen molar-refractivity contribution in [2.75, 3.05) is 11.5 Å². The van der Waals surface area contributed by atoms with Gasteiger partial charge in [-0.05, 0) is 108 Å². The first-order valence-electron chi connectivity index (χ1n) is 22.0. The maximum Gasteiger partial charge on any atom is 0.419 e. The standard InChI is InChI=1S/C26H26ClN3O4S.C25H24ClN3O5S/c1-7-16-9-10-17-13-20(35(32,33)8-2)23(29-18(17)12-16)24-21(27)22-19(11-15(3)14-28-22)30(24)25(31)34-26(4,5)6;1-6-35(32,33)19-11-16-8-7-15(13-30)10-17(16)28-22(19)23-20(26)21-18(9-14(2)12-27-21)29(23)24(31)34-25(3,4)5/h7,9-14H,1,8H2,2-6H3;7-13H,6H2,1-5H3. The Morgan fingerprint density at radius 3 is 1.39 bits per heavy atom. The zero-order chi connectivity index (χ0) is 51.4. The molecule has 0 atom stereocenters.